The number of halogens is 3. The molecule has 5 nitrogen and oxygen atoms in total. The molecule has 1 rings (SSSR count). The fourth-order valence-electron chi connectivity index (χ4n) is 1.57. The van der Waals surface area contributed by atoms with Crippen molar-refractivity contribution >= 4 is 5.91 Å². The van der Waals surface area contributed by atoms with Crippen molar-refractivity contribution < 1.29 is 22.7 Å². The van der Waals surface area contributed by atoms with Crippen LogP contribution in [-0.2, 0) is 9.53 Å². The van der Waals surface area contributed by atoms with Crippen LogP contribution in [0.15, 0.2) is 0 Å². The van der Waals surface area contributed by atoms with Crippen molar-refractivity contribution in [3.8, 4) is 6.07 Å². The van der Waals surface area contributed by atoms with Crippen molar-refractivity contribution in [2.24, 2.45) is 11.7 Å². The normalized spacial score (nSPS) is 24.0. The molecule has 0 radical (unpaired) electrons. The van der Waals surface area contributed by atoms with Crippen LogP contribution in [0, 0.1) is 17.2 Å². The number of carbonyl (C=O) groups is 1. The van der Waals surface area contributed by atoms with E-state index < -0.39 is 30.6 Å². The second-order valence-electron chi connectivity index (χ2n) is 3.71. The summed E-state index contributed by atoms with van der Waals surface area (Å²) in [6, 6.07) is 0.288. The molecule has 8 heteroatoms. The van der Waals surface area contributed by atoms with Crippen LogP contribution in [0.25, 0.3) is 0 Å². The minimum atomic E-state index is -4.60. The topological polar surface area (TPSA) is 79.3 Å². The second-order valence-corrected chi connectivity index (χ2v) is 3.71. The van der Waals surface area contributed by atoms with Gasteiger partial charge in [-0.1, -0.05) is 0 Å². The maximum Gasteiger partial charge on any atom is 0.405 e. The van der Waals surface area contributed by atoms with Crippen LogP contribution < -0.4 is 5.73 Å². The molecule has 96 valence electrons. The number of morpholine rings is 1. The molecular weight excluding hydrogens is 239 g/mol. The molecule has 1 aliphatic rings. The Morgan fingerprint density at radius 3 is 2.76 bits per heavy atom. The van der Waals surface area contributed by atoms with Gasteiger partial charge in [-0.2, -0.15) is 18.4 Å². The van der Waals surface area contributed by atoms with Gasteiger partial charge < -0.3 is 10.5 Å². The summed E-state index contributed by atoms with van der Waals surface area (Å²) < 4.78 is 42.2. The van der Waals surface area contributed by atoms with Crippen LogP contribution in [0.5, 0.6) is 0 Å². The minimum Gasteiger partial charge on any atom is -0.378 e. The van der Waals surface area contributed by atoms with Crippen LogP contribution in [0.2, 0.25) is 0 Å². The largest absolute Gasteiger partial charge is 0.405 e. The van der Waals surface area contributed by atoms with E-state index in [1.807, 2.05) is 0 Å². The van der Waals surface area contributed by atoms with Crippen LogP contribution in [0.3, 0.4) is 0 Å². The summed E-state index contributed by atoms with van der Waals surface area (Å²) >= 11 is 0. The average Bonchev–Trinajstić information content (AvgIpc) is 2.24. The third kappa shape index (κ3) is 3.57. The maximum atomic E-state index is 12.4. The third-order valence-corrected chi connectivity index (χ3v) is 2.54. The molecule has 17 heavy (non-hydrogen) atoms. The fraction of sp³-hybridized carbons (Fsp3) is 0.778. The molecule has 2 unspecified atom stereocenters. The number of hydrogen-bond acceptors (Lipinski definition) is 4. The first-order valence-electron chi connectivity index (χ1n) is 4.93. The number of rotatable bonds is 3. The van der Waals surface area contributed by atoms with Crippen LogP contribution in [0.1, 0.15) is 0 Å². The number of amides is 1. The van der Waals surface area contributed by atoms with Gasteiger partial charge in [0.1, 0.15) is 6.04 Å². The molecule has 2 N–H and O–H groups in total. The summed E-state index contributed by atoms with van der Waals surface area (Å²) in [6.07, 6.45) is -4.60. The van der Waals surface area contributed by atoms with Crippen LogP contribution >= 0.6 is 0 Å². The van der Waals surface area contributed by atoms with E-state index in [-0.39, 0.29) is 19.8 Å². The molecule has 2 atom stereocenters. The van der Waals surface area contributed by atoms with Crippen molar-refractivity contribution in [1.82, 2.24) is 4.90 Å². The van der Waals surface area contributed by atoms with Gasteiger partial charge in [0.2, 0.25) is 5.91 Å². The van der Waals surface area contributed by atoms with E-state index in [9.17, 15) is 18.0 Å². The Hall–Kier alpha value is -1.33. The monoisotopic (exact) mass is 251 g/mol. The summed E-state index contributed by atoms with van der Waals surface area (Å²) in [5, 5.41) is 8.47. The van der Waals surface area contributed by atoms with E-state index in [1.165, 1.54) is 11.0 Å². The molecule has 0 aromatic heterocycles. The molecule has 1 amide bonds. The first-order chi connectivity index (χ1) is 7.86. The number of nitrogens with two attached hydrogens (primary N) is 1. The standard InChI is InChI=1S/C9H12F3N3O2/c10-9(11,12)6(3-13)4-15-1-2-17-5-7(15)8(14)16/h6-7H,1-2,4-5H2,(H2,14,16). The first kappa shape index (κ1) is 13.7. The van der Waals surface area contributed by atoms with Gasteiger partial charge in [0, 0.05) is 13.1 Å². The quantitative estimate of drug-likeness (QED) is 0.758. The van der Waals surface area contributed by atoms with Gasteiger partial charge in [-0.15, -0.1) is 0 Å². The van der Waals surface area contributed by atoms with E-state index in [4.69, 9.17) is 15.7 Å². The van der Waals surface area contributed by atoms with Gasteiger partial charge in [0.25, 0.3) is 0 Å². The molecule has 0 aromatic carbocycles. The Balaban J connectivity index is 2.71. The summed E-state index contributed by atoms with van der Waals surface area (Å²) in [5.41, 5.74) is 5.06. The number of primary amides is 1. The Morgan fingerprint density at radius 2 is 2.29 bits per heavy atom. The predicted octanol–water partition coefficient (Wildman–Crippen LogP) is -0.125. The molecule has 1 fully saturated rings. The number of alkyl halides is 3. The highest BCUT2D eigenvalue weighted by Crippen LogP contribution is 2.27. The highest BCUT2D eigenvalue weighted by molar-refractivity contribution is 5.80. The van der Waals surface area contributed by atoms with Gasteiger partial charge in [-0.25, -0.2) is 0 Å². The summed E-state index contributed by atoms with van der Waals surface area (Å²) in [7, 11) is 0. The van der Waals surface area contributed by atoms with Gasteiger partial charge in [-0.3, -0.25) is 9.69 Å². The van der Waals surface area contributed by atoms with Gasteiger partial charge in [0.05, 0.1) is 19.3 Å². The lowest BCUT2D eigenvalue weighted by molar-refractivity contribution is -0.169. The molecule has 1 aliphatic heterocycles. The molecule has 0 aromatic rings. The van der Waals surface area contributed by atoms with Crippen molar-refractivity contribution in [1.29, 1.82) is 5.26 Å². The van der Waals surface area contributed by atoms with Gasteiger partial charge >= 0.3 is 6.18 Å². The van der Waals surface area contributed by atoms with E-state index in [0.29, 0.717) is 0 Å². The third-order valence-electron chi connectivity index (χ3n) is 2.54. The van der Waals surface area contributed by atoms with E-state index in [1.54, 1.807) is 0 Å². The smallest absolute Gasteiger partial charge is 0.378 e. The lowest BCUT2D eigenvalue weighted by Gasteiger charge is -2.34. The number of nitriles is 1. The SMILES string of the molecule is N#CC(CN1CCOCC1C(N)=O)C(F)(F)F. The van der Waals surface area contributed by atoms with Crippen molar-refractivity contribution in [3.63, 3.8) is 0 Å². The lowest BCUT2D eigenvalue weighted by Crippen LogP contribution is -2.54. The fourth-order valence-corrected chi connectivity index (χ4v) is 1.57. The molecule has 0 bridgehead atoms. The first-order valence-corrected chi connectivity index (χ1v) is 4.93. The Bertz CT molecular complexity index is 326. The van der Waals surface area contributed by atoms with Gasteiger partial charge in [-0.05, 0) is 0 Å². The van der Waals surface area contributed by atoms with E-state index in [2.05, 4.69) is 0 Å². The van der Waals surface area contributed by atoms with Crippen LogP contribution in [-0.4, -0.2) is 49.3 Å². The molecule has 0 saturated carbocycles. The van der Waals surface area contributed by atoms with Gasteiger partial charge in [0.15, 0.2) is 5.92 Å². The second kappa shape index (κ2) is 5.33. The number of nitrogens with zero attached hydrogens (tertiary/aromatic N) is 2. The zero-order valence-corrected chi connectivity index (χ0v) is 8.91. The van der Waals surface area contributed by atoms with E-state index in [0.717, 1.165) is 0 Å². The summed E-state index contributed by atoms with van der Waals surface area (Å²) in [5.74, 6) is -2.87. The molecule has 0 aliphatic carbocycles. The Kier molecular flexibility index (Phi) is 4.31. The Morgan fingerprint density at radius 1 is 1.65 bits per heavy atom. The number of hydrogen-bond donors (Lipinski definition) is 1. The zero-order valence-electron chi connectivity index (χ0n) is 8.91. The highest BCUT2D eigenvalue weighted by Gasteiger charge is 2.42. The summed E-state index contributed by atoms with van der Waals surface area (Å²) in [6.45, 7) is -0.218. The minimum absolute atomic E-state index is 0.0364. The number of carbonyl (C=O) groups excluding carboxylic acids is 1. The highest BCUT2D eigenvalue weighted by atomic mass is 19.4. The predicted molar refractivity (Wildman–Crippen MR) is 50.5 cm³/mol. The Labute approximate surface area is 95.9 Å². The average molecular weight is 251 g/mol. The van der Waals surface area contributed by atoms with Crippen LogP contribution in [0.4, 0.5) is 13.2 Å². The molecule has 0 spiro atoms. The van der Waals surface area contributed by atoms with E-state index >= 15 is 0 Å². The van der Waals surface area contributed by atoms with Crippen molar-refractivity contribution in [3.05, 3.63) is 0 Å². The maximum absolute atomic E-state index is 12.4. The van der Waals surface area contributed by atoms with Crippen molar-refractivity contribution in [2.45, 2.75) is 12.2 Å². The molecule has 1 saturated heterocycles. The van der Waals surface area contributed by atoms with Crippen molar-refractivity contribution in [2.75, 3.05) is 26.3 Å². The number of ether oxygens (including phenoxy) is 1. The lowest BCUT2D eigenvalue weighted by atomic mass is 10.1. The summed E-state index contributed by atoms with van der Waals surface area (Å²) in [4.78, 5) is 12.3. The molecule has 1 heterocycles. The molecular formula is C9H12F3N3O2. The zero-order chi connectivity index (χ0) is 13.1.